The van der Waals surface area contributed by atoms with Gasteiger partial charge in [0.05, 0.1) is 0 Å². The summed E-state index contributed by atoms with van der Waals surface area (Å²) in [6.45, 7) is 10.3. The minimum Gasteiger partial charge on any atom is -0.340 e. The zero-order chi connectivity index (χ0) is 20.9. The molecule has 0 heterocycles. The van der Waals surface area contributed by atoms with Crippen molar-refractivity contribution in [3.63, 3.8) is 0 Å². The predicted octanol–water partition coefficient (Wildman–Crippen LogP) is 6.69. The van der Waals surface area contributed by atoms with Gasteiger partial charge in [-0.2, -0.15) is 0 Å². The van der Waals surface area contributed by atoms with Crippen LogP contribution in [-0.4, -0.2) is 10.0 Å². The number of aryl methyl sites for hydroxylation is 1. The van der Waals surface area contributed by atoms with Gasteiger partial charge < -0.3 is 10.2 Å². The summed E-state index contributed by atoms with van der Waals surface area (Å²) in [5.74, 6) is 0. The minimum atomic E-state index is 0.157. The molecule has 0 radical (unpaired) electrons. The fraction of sp³-hybridized carbons (Fsp3) is 0.269. The lowest BCUT2D eigenvalue weighted by Gasteiger charge is -2.27. The Labute approximate surface area is 180 Å². The first-order valence-electron chi connectivity index (χ1n) is 10.1. The molecule has 3 aromatic carbocycles. The topological polar surface area (TPSA) is 15.3 Å². The number of anilines is 1. The molecule has 0 aliphatic heterocycles. The molecule has 0 aliphatic carbocycles. The zero-order valence-corrected chi connectivity index (χ0v) is 18.6. The Morgan fingerprint density at radius 3 is 1.90 bits per heavy atom. The monoisotopic (exact) mass is 402 g/mol. The smallest absolute Gasteiger partial charge is 0.174 e. The van der Waals surface area contributed by atoms with E-state index in [1.807, 2.05) is 6.07 Å². The lowest BCUT2D eigenvalue weighted by Crippen LogP contribution is -2.33. The Morgan fingerprint density at radius 2 is 1.34 bits per heavy atom. The van der Waals surface area contributed by atoms with Crippen LogP contribution in [0.4, 0.5) is 5.69 Å². The van der Waals surface area contributed by atoms with E-state index >= 15 is 0 Å². The van der Waals surface area contributed by atoms with Crippen molar-refractivity contribution in [3.8, 4) is 0 Å². The number of rotatable bonds is 5. The first kappa shape index (κ1) is 21.1. The molecule has 0 unspecified atom stereocenters. The average molecular weight is 403 g/mol. The van der Waals surface area contributed by atoms with Gasteiger partial charge >= 0.3 is 0 Å². The van der Waals surface area contributed by atoms with Crippen LogP contribution < -0.4 is 5.32 Å². The number of nitrogens with one attached hydrogen (secondary N) is 1. The van der Waals surface area contributed by atoms with Gasteiger partial charge in [0.2, 0.25) is 0 Å². The second kappa shape index (κ2) is 9.23. The highest BCUT2D eigenvalue weighted by molar-refractivity contribution is 7.80. The van der Waals surface area contributed by atoms with Crippen LogP contribution in [0.3, 0.4) is 0 Å². The number of hydrogen-bond donors (Lipinski definition) is 1. The maximum absolute atomic E-state index is 5.79. The normalized spacial score (nSPS) is 11.2. The summed E-state index contributed by atoms with van der Waals surface area (Å²) in [4.78, 5) is 2.22. The van der Waals surface area contributed by atoms with Crippen molar-refractivity contribution in [2.45, 2.75) is 46.2 Å². The molecule has 3 aromatic rings. The molecule has 0 saturated carbocycles. The van der Waals surface area contributed by atoms with Crippen molar-refractivity contribution in [3.05, 3.63) is 101 Å². The van der Waals surface area contributed by atoms with Crippen molar-refractivity contribution < 1.29 is 0 Å². The summed E-state index contributed by atoms with van der Waals surface area (Å²) in [5, 5.41) is 4.14. The Balaban J connectivity index is 1.78. The summed E-state index contributed by atoms with van der Waals surface area (Å²) in [7, 11) is 0. The van der Waals surface area contributed by atoms with Gasteiger partial charge in [0.1, 0.15) is 0 Å². The van der Waals surface area contributed by atoms with E-state index in [2.05, 4.69) is 111 Å². The minimum absolute atomic E-state index is 0.157. The third-order valence-corrected chi connectivity index (χ3v) is 5.36. The van der Waals surface area contributed by atoms with Crippen LogP contribution in [0.2, 0.25) is 0 Å². The van der Waals surface area contributed by atoms with E-state index in [1.54, 1.807) is 0 Å². The number of benzene rings is 3. The van der Waals surface area contributed by atoms with E-state index < -0.39 is 0 Å². The fourth-order valence-corrected chi connectivity index (χ4v) is 3.42. The first-order valence-corrected chi connectivity index (χ1v) is 10.5. The predicted molar refractivity (Wildman–Crippen MR) is 128 cm³/mol. The standard InChI is InChI=1S/C26H30N2S/c1-20-10-16-24(17-11-20)27-25(29)28(18-21-8-6-5-7-9-21)19-22-12-14-23(15-13-22)26(2,3)4/h5-17H,18-19H2,1-4H3,(H,27,29). The third kappa shape index (κ3) is 6.16. The molecule has 29 heavy (non-hydrogen) atoms. The Hall–Kier alpha value is -2.65. The summed E-state index contributed by atoms with van der Waals surface area (Å²) in [6, 6.07) is 27.7. The fourth-order valence-electron chi connectivity index (χ4n) is 3.17. The van der Waals surface area contributed by atoms with Crippen LogP contribution >= 0.6 is 12.2 Å². The van der Waals surface area contributed by atoms with Crippen molar-refractivity contribution in [2.24, 2.45) is 0 Å². The van der Waals surface area contributed by atoms with Gasteiger partial charge in [-0.3, -0.25) is 0 Å². The second-order valence-electron chi connectivity index (χ2n) is 8.58. The third-order valence-electron chi connectivity index (χ3n) is 5.00. The average Bonchev–Trinajstić information content (AvgIpc) is 2.70. The molecule has 1 N–H and O–H groups in total. The molecule has 0 atom stereocenters. The van der Waals surface area contributed by atoms with E-state index in [0.717, 1.165) is 23.9 Å². The molecule has 0 fully saturated rings. The lowest BCUT2D eigenvalue weighted by atomic mass is 9.87. The quantitative estimate of drug-likeness (QED) is 0.479. The van der Waals surface area contributed by atoms with Crippen LogP contribution in [0.25, 0.3) is 0 Å². The van der Waals surface area contributed by atoms with E-state index in [1.165, 1.54) is 22.3 Å². The lowest BCUT2D eigenvalue weighted by molar-refractivity contribution is 0.412. The highest BCUT2D eigenvalue weighted by Gasteiger charge is 2.15. The Bertz CT molecular complexity index is 923. The molecule has 0 bridgehead atoms. The van der Waals surface area contributed by atoms with E-state index in [4.69, 9.17) is 12.2 Å². The van der Waals surface area contributed by atoms with Crippen LogP contribution in [0, 0.1) is 6.92 Å². The zero-order valence-electron chi connectivity index (χ0n) is 17.8. The van der Waals surface area contributed by atoms with Crippen LogP contribution in [0.5, 0.6) is 0 Å². The first-order chi connectivity index (χ1) is 13.8. The van der Waals surface area contributed by atoms with Gasteiger partial charge in [0.25, 0.3) is 0 Å². The van der Waals surface area contributed by atoms with Gasteiger partial charge in [-0.15, -0.1) is 0 Å². The van der Waals surface area contributed by atoms with Gasteiger partial charge in [-0.25, -0.2) is 0 Å². The van der Waals surface area contributed by atoms with Crippen LogP contribution in [0.15, 0.2) is 78.9 Å². The maximum Gasteiger partial charge on any atom is 0.174 e. The molecule has 0 aliphatic rings. The van der Waals surface area contributed by atoms with Crippen molar-refractivity contribution in [1.82, 2.24) is 4.90 Å². The number of hydrogen-bond acceptors (Lipinski definition) is 1. The summed E-state index contributed by atoms with van der Waals surface area (Å²) >= 11 is 5.79. The second-order valence-corrected chi connectivity index (χ2v) is 8.97. The van der Waals surface area contributed by atoms with Crippen molar-refractivity contribution in [2.75, 3.05) is 5.32 Å². The number of nitrogens with zero attached hydrogens (tertiary/aromatic N) is 1. The van der Waals surface area contributed by atoms with Gasteiger partial charge in [0, 0.05) is 18.8 Å². The molecule has 2 nitrogen and oxygen atoms in total. The van der Waals surface area contributed by atoms with Crippen LogP contribution in [0.1, 0.15) is 43.0 Å². The van der Waals surface area contributed by atoms with Crippen LogP contribution in [-0.2, 0) is 18.5 Å². The maximum atomic E-state index is 5.79. The molecule has 0 spiro atoms. The molecule has 150 valence electrons. The molecule has 3 rings (SSSR count). The molecular formula is C26H30N2S. The van der Waals surface area contributed by atoms with E-state index in [-0.39, 0.29) is 5.41 Å². The summed E-state index contributed by atoms with van der Waals surface area (Å²) < 4.78 is 0. The highest BCUT2D eigenvalue weighted by atomic mass is 32.1. The molecular weight excluding hydrogens is 372 g/mol. The molecule has 3 heteroatoms. The van der Waals surface area contributed by atoms with E-state index in [0.29, 0.717) is 0 Å². The van der Waals surface area contributed by atoms with E-state index in [9.17, 15) is 0 Å². The van der Waals surface area contributed by atoms with Gasteiger partial charge in [0.15, 0.2) is 5.11 Å². The van der Waals surface area contributed by atoms with Gasteiger partial charge in [-0.05, 0) is 53.4 Å². The van der Waals surface area contributed by atoms with Crippen molar-refractivity contribution >= 4 is 23.0 Å². The Morgan fingerprint density at radius 1 is 0.793 bits per heavy atom. The number of thiocarbonyl (C=S) groups is 1. The Kier molecular flexibility index (Phi) is 6.71. The highest BCUT2D eigenvalue weighted by Crippen LogP contribution is 2.23. The summed E-state index contributed by atoms with van der Waals surface area (Å²) in [6.07, 6.45) is 0. The largest absolute Gasteiger partial charge is 0.340 e. The summed E-state index contributed by atoms with van der Waals surface area (Å²) in [5.41, 5.74) is 6.25. The molecule has 0 saturated heterocycles. The molecule has 0 amide bonds. The molecule has 0 aromatic heterocycles. The van der Waals surface area contributed by atoms with Crippen molar-refractivity contribution in [1.29, 1.82) is 0 Å². The SMILES string of the molecule is Cc1ccc(NC(=S)N(Cc2ccccc2)Cc2ccc(C(C)(C)C)cc2)cc1. The van der Waals surface area contributed by atoms with Gasteiger partial charge in [-0.1, -0.05) is 93.1 Å².